The molecule has 0 atom stereocenters. The molecule has 18 heavy (non-hydrogen) atoms. The van der Waals surface area contributed by atoms with Crippen molar-refractivity contribution in [2.24, 2.45) is 5.41 Å². The Hall–Kier alpha value is -0.490. The molecule has 1 spiro atoms. The van der Waals surface area contributed by atoms with Crippen molar-refractivity contribution in [2.75, 3.05) is 52.4 Å². The van der Waals surface area contributed by atoms with E-state index in [1.54, 1.807) is 0 Å². The van der Waals surface area contributed by atoms with Crippen LogP contribution in [-0.2, 0) is 4.79 Å². The highest BCUT2D eigenvalue weighted by Crippen LogP contribution is 2.35. The van der Waals surface area contributed by atoms with Gasteiger partial charge in [-0.1, -0.05) is 0 Å². The molecule has 2 aliphatic rings. The van der Waals surface area contributed by atoms with E-state index in [0.29, 0.717) is 5.78 Å². The molecule has 1 saturated carbocycles. The number of carbonyl (C=O) groups is 1. The van der Waals surface area contributed by atoms with Crippen LogP contribution in [0.1, 0.15) is 19.3 Å². The first-order valence-corrected chi connectivity index (χ1v) is 7.20. The van der Waals surface area contributed by atoms with E-state index >= 15 is 0 Å². The Balaban J connectivity index is 1.78. The molecular formula is C13H26N4O. The highest BCUT2D eigenvalue weighted by atomic mass is 16.1. The number of Topliss-reactive ketones (excluding diaryl/α,β-unsaturated/α-hetero) is 1. The Labute approximate surface area is 109 Å². The monoisotopic (exact) mass is 254 g/mol. The van der Waals surface area contributed by atoms with Crippen LogP contribution in [0.4, 0.5) is 0 Å². The number of rotatable bonds is 0. The minimum Gasteiger partial charge on any atom is -0.315 e. The van der Waals surface area contributed by atoms with E-state index in [2.05, 4.69) is 21.3 Å². The van der Waals surface area contributed by atoms with Crippen LogP contribution in [0, 0.1) is 5.41 Å². The maximum atomic E-state index is 11.8. The van der Waals surface area contributed by atoms with Gasteiger partial charge in [-0.05, 0) is 25.9 Å². The van der Waals surface area contributed by atoms with Gasteiger partial charge in [0, 0.05) is 45.7 Å². The third-order valence-corrected chi connectivity index (χ3v) is 4.01. The lowest BCUT2D eigenvalue weighted by Gasteiger charge is -2.40. The summed E-state index contributed by atoms with van der Waals surface area (Å²) in [5.74, 6) is 0.426. The molecule has 1 aliphatic carbocycles. The van der Waals surface area contributed by atoms with Crippen molar-refractivity contribution in [2.45, 2.75) is 19.3 Å². The first-order chi connectivity index (χ1) is 8.83. The molecule has 0 aromatic heterocycles. The SMILES string of the molecule is O=C1CCC12CNCCNCCCNCCNC2. The fourth-order valence-corrected chi connectivity index (χ4v) is 2.61. The molecule has 0 aromatic rings. The van der Waals surface area contributed by atoms with E-state index in [1.165, 1.54) is 6.42 Å². The molecule has 1 saturated heterocycles. The maximum absolute atomic E-state index is 11.8. The van der Waals surface area contributed by atoms with Crippen molar-refractivity contribution >= 4 is 5.78 Å². The molecule has 5 heteroatoms. The molecule has 1 aliphatic heterocycles. The van der Waals surface area contributed by atoms with Crippen molar-refractivity contribution in [3.05, 3.63) is 0 Å². The standard InChI is InChI=1S/C13H26N4O/c18-12-2-3-13(12)10-16-8-6-14-4-1-5-15-7-9-17-11-13/h14-17H,1-11H2. The van der Waals surface area contributed by atoms with Gasteiger partial charge in [-0.3, -0.25) is 4.79 Å². The Morgan fingerprint density at radius 1 is 0.778 bits per heavy atom. The topological polar surface area (TPSA) is 65.2 Å². The molecule has 1 heterocycles. The number of carbonyl (C=O) groups excluding carboxylic acids is 1. The molecule has 2 rings (SSSR count). The predicted molar refractivity (Wildman–Crippen MR) is 72.8 cm³/mol. The number of nitrogens with one attached hydrogen (secondary N) is 4. The van der Waals surface area contributed by atoms with Gasteiger partial charge in [0.05, 0.1) is 5.41 Å². The zero-order chi connectivity index (χ0) is 12.7. The molecule has 2 fully saturated rings. The summed E-state index contributed by atoms with van der Waals surface area (Å²) in [5.41, 5.74) is -0.121. The fourth-order valence-electron chi connectivity index (χ4n) is 2.61. The lowest BCUT2D eigenvalue weighted by atomic mass is 9.67. The van der Waals surface area contributed by atoms with Crippen LogP contribution in [0.25, 0.3) is 0 Å². The molecule has 0 bridgehead atoms. The van der Waals surface area contributed by atoms with Crippen molar-refractivity contribution < 1.29 is 4.79 Å². The minimum absolute atomic E-state index is 0.121. The lowest BCUT2D eigenvalue weighted by molar-refractivity contribution is -0.137. The third-order valence-electron chi connectivity index (χ3n) is 4.01. The highest BCUT2D eigenvalue weighted by molar-refractivity contribution is 5.91. The van der Waals surface area contributed by atoms with E-state index in [9.17, 15) is 4.79 Å². The van der Waals surface area contributed by atoms with Gasteiger partial charge in [0.25, 0.3) is 0 Å². The smallest absolute Gasteiger partial charge is 0.141 e. The second-order valence-corrected chi connectivity index (χ2v) is 5.41. The molecule has 0 aromatic carbocycles. The summed E-state index contributed by atoms with van der Waals surface area (Å²) in [4.78, 5) is 11.8. The molecule has 0 radical (unpaired) electrons. The Bertz CT molecular complexity index is 256. The van der Waals surface area contributed by atoms with Crippen LogP contribution >= 0.6 is 0 Å². The van der Waals surface area contributed by atoms with Gasteiger partial charge in [-0.2, -0.15) is 0 Å². The van der Waals surface area contributed by atoms with Gasteiger partial charge in [-0.25, -0.2) is 0 Å². The summed E-state index contributed by atoms with van der Waals surface area (Å²) in [7, 11) is 0. The molecule has 104 valence electrons. The van der Waals surface area contributed by atoms with Gasteiger partial charge in [0.2, 0.25) is 0 Å². The Morgan fingerprint density at radius 2 is 1.33 bits per heavy atom. The minimum atomic E-state index is -0.121. The van der Waals surface area contributed by atoms with Gasteiger partial charge in [-0.15, -0.1) is 0 Å². The highest BCUT2D eigenvalue weighted by Gasteiger charge is 2.44. The molecular weight excluding hydrogens is 228 g/mol. The predicted octanol–water partition coefficient (Wildman–Crippen LogP) is -0.902. The Morgan fingerprint density at radius 3 is 1.78 bits per heavy atom. The van der Waals surface area contributed by atoms with Crippen molar-refractivity contribution in [3.8, 4) is 0 Å². The summed E-state index contributed by atoms with van der Waals surface area (Å²) in [5, 5.41) is 13.7. The van der Waals surface area contributed by atoms with Crippen LogP contribution in [0.2, 0.25) is 0 Å². The first kappa shape index (κ1) is 13.9. The van der Waals surface area contributed by atoms with Gasteiger partial charge < -0.3 is 21.3 Å². The van der Waals surface area contributed by atoms with Crippen LogP contribution in [0.15, 0.2) is 0 Å². The van der Waals surface area contributed by atoms with Crippen molar-refractivity contribution in [1.82, 2.24) is 21.3 Å². The maximum Gasteiger partial charge on any atom is 0.141 e. The van der Waals surface area contributed by atoms with Crippen molar-refractivity contribution in [1.29, 1.82) is 0 Å². The van der Waals surface area contributed by atoms with E-state index in [1.807, 2.05) is 0 Å². The summed E-state index contributed by atoms with van der Waals surface area (Å²) in [6.45, 7) is 7.64. The zero-order valence-electron chi connectivity index (χ0n) is 11.2. The van der Waals surface area contributed by atoms with Gasteiger partial charge in [0.15, 0.2) is 0 Å². The largest absolute Gasteiger partial charge is 0.315 e. The quantitative estimate of drug-likeness (QED) is 0.451. The summed E-state index contributed by atoms with van der Waals surface area (Å²) < 4.78 is 0. The second-order valence-electron chi connectivity index (χ2n) is 5.41. The average molecular weight is 254 g/mol. The molecule has 4 N–H and O–H groups in total. The molecule has 5 nitrogen and oxygen atoms in total. The summed E-state index contributed by atoms with van der Waals surface area (Å²) >= 11 is 0. The van der Waals surface area contributed by atoms with Gasteiger partial charge >= 0.3 is 0 Å². The lowest BCUT2D eigenvalue weighted by Crippen LogP contribution is -2.55. The van der Waals surface area contributed by atoms with Crippen molar-refractivity contribution in [3.63, 3.8) is 0 Å². The molecule has 0 unspecified atom stereocenters. The summed E-state index contributed by atoms with van der Waals surface area (Å²) in [6.07, 6.45) is 2.97. The fraction of sp³-hybridized carbons (Fsp3) is 0.923. The number of hydrogen-bond donors (Lipinski definition) is 4. The third kappa shape index (κ3) is 3.75. The average Bonchev–Trinajstić information content (AvgIpc) is 2.39. The number of ketones is 1. The Kier molecular flexibility index (Phi) is 5.56. The number of hydrogen-bond acceptors (Lipinski definition) is 5. The van der Waals surface area contributed by atoms with E-state index in [-0.39, 0.29) is 5.41 Å². The first-order valence-electron chi connectivity index (χ1n) is 7.20. The van der Waals surface area contributed by atoms with Crippen LogP contribution in [0.3, 0.4) is 0 Å². The second kappa shape index (κ2) is 7.19. The van der Waals surface area contributed by atoms with Crippen LogP contribution in [-0.4, -0.2) is 58.1 Å². The normalized spacial score (nSPS) is 27.4. The van der Waals surface area contributed by atoms with Gasteiger partial charge in [0.1, 0.15) is 5.78 Å². The summed E-state index contributed by atoms with van der Waals surface area (Å²) in [6, 6.07) is 0. The van der Waals surface area contributed by atoms with E-state index in [0.717, 1.165) is 65.2 Å². The van der Waals surface area contributed by atoms with Crippen LogP contribution in [0.5, 0.6) is 0 Å². The van der Waals surface area contributed by atoms with E-state index in [4.69, 9.17) is 0 Å². The zero-order valence-corrected chi connectivity index (χ0v) is 11.2. The van der Waals surface area contributed by atoms with Crippen LogP contribution < -0.4 is 21.3 Å². The molecule has 0 amide bonds. The van der Waals surface area contributed by atoms with E-state index < -0.39 is 0 Å².